The Hall–Kier alpha value is -3.41. The Morgan fingerprint density at radius 1 is 1.07 bits per heavy atom. The predicted octanol–water partition coefficient (Wildman–Crippen LogP) is 5.75. The van der Waals surface area contributed by atoms with Crippen molar-refractivity contribution in [2.75, 3.05) is 6.61 Å². The average molecular weight is 390 g/mol. The third-order valence-corrected chi connectivity index (χ3v) is 4.50. The normalized spacial score (nSPS) is 11.7. The zero-order chi connectivity index (χ0) is 21.0. The van der Waals surface area contributed by atoms with Crippen molar-refractivity contribution < 1.29 is 4.74 Å². The van der Waals surface area contributed by atoms with Crippen LogP contribution >= 0.6 is 0 Å². The summed E-state index contributed by atoms with van der Waals surface area (Å²) in [5, 5.41) is 11.5. The van der Waals surface area contributed by atoms with E-state index in [0.29, 0.717) is 29.4 Å². The molecule has 0 aliphatic carbocycles. The van der Waals surface area contributed by atoms with Crippen LogP contribution in [0.1, 0.15) is 32.0 Å². The molecule has 3 rings (SSSR count). The molecule has 0 unspecified atom stereocenters. The number of hydrogen-bond acceptors (Lipinski definition) is 4. The van der Waals surface area contributed by atoms with Crippen molar-refractivity contribution >= 4 is 11.4 Å². The van der Waals surface area contributed by atoms with Gasteiger partial charge in [0.1, 0.15) is 12.4 Å². The molecular weight excluding hydrogens is 364 g/mol. The van der Waals surface area contributed by atoms with Crippen molar-refractivity contribution in [2.45, 2.75) is 33.1 Å². The third kappa shape index (κ3) is 4.71. The van der Waals surface area contributed by atoms with E-state index in [-0.39, 0.29) is 16.7 Å². The van der Waals surface area contributed by atoms with Crippen LogP contribution in [-0.4, -0.2) is 16.4 Å². The summed E-state index contributed by atoms with van der Waals surface area (Å²) in [4.78, 5) is 12.8. The van der Waals surface area contributed by atoms with Crippen molar-refractivity contribution in [2.24, 2.45) is 10.2 Å². The van der Waals surface area contributed by atoms with E-state index in [9.17, 15) is 4.79 Å². The van der Waals surface area contributed by atoms with E-state index in [0.717, 1.165) is 0 Å². The minimum atomic E-state index is -0.252. The van der Waals surface area contributed by atoms with E-state index in [1.54, 1.807) is 25.1 Å². The van der Waals surface area contributed by atoms with Crippen molar-refractivity contribution in [3.8, 4) is 11.4 Å². The Morgan fingerprint density at radius 2 is 1.72 bits per heavy atom. The molecule has 0 bridgehead atoms. The monoisotopic (exact) mass is 390 g/mol. The van der Waals surface area contributed by atoms with Crippen molar-refractivity contribution in [1.82, 2.24) is 9.78 Å². The van der Waals surface area contributed by atoms with Gasteiger partial charge < -0.3 is 4.74 Å². The van der Waals surface area contributed by atoms with Gasteiger partial charge in [-0.15, -0.1) is 5.11 Å². The lowest BCUT2D eigenvalue weighted by molar-refractivity contribution is 0.363. The summed E-state index contributed by atoms with van der Waals surface area (Å²) in [6.07, 6.45) is 1.68. The number of benzene rings is 2. The van der Waals surface area contributed by atoms with E-state index in [1.807, 2.05) is 36.4 Å². The highest BCUT2D eigenvalue weighted by Gasteiger charge is 2.14. The summed E-state index contributed by atoms with van der Waals surface area (Å²) in [6.45, 7) is 12.3. The summed E-state index contributed by atoms with van der Waals surface area (Å²) in [5.74, 6) is 0.712. The van der Waals surface area contributed by atoms with Gasteiger partial charge in [-0.1, -0.05) is 45.6 Å². The first-order valence-corrected chi connectivity index (χ1v) is 9.47. The molecule has 0 saturated heterocycles. The fraction of sp³-hybridized carbons (Fsp3) is 0.261. The van der Waals surface area contributed by atoms with Gasteiger partial charge in [0, 0.05) is 0 Å². The van der Waals surface area contributed by atoms with Gasteiger partial charge >= 0.3 is 0 Å². The highest BCUT2D eigenvalue weighted by Crippen LogP contribution is 2.25. The highest BCUT2D eigenvalue weighted by molar-refractivity contribution is 5.46. The van der Waals surface area contributed by atoms with Crippen molar-refractivity contribution in [3.05, 3.63) is 82.8 Å². The Bertz CT molecular complexity index is 1070. The number of azo groups is 1. The Morgan fingerprint density at radius 3 is 2.31 bits per heavy atom. The lowest BCUT2D eigenvalue weighted by Crippen LogP contribution is -2.13. The second kappa shape index (κ2) is 8.31. The molecule has 6 heteroatoms. The number of nitrogens with zero attached hydrogens (tertiary/aromatic N) is 3. The smallest absolute Gasteiger partial charge is 0.299 e. The van der Waals surface area contributed by atoms with Gasteiger partial charge in [-0.05, 0) is 54.3 Å². The maximum Gasteiger partial charge on any atom is 0.299 e. The summed E-state index contributed by atoms with van der Waals surface area (Å²) in [6, 6.07) is 15.1. The fourth-order valence-corrected chi connectivity index (χ4v) is 2.82. The molecule has 0 aliphatic rings. The SMILES string of the molecule is C=CCOc1ccc(-n2[nH]c(C)c(N=Nc3ccc(C(C)(C)C)cc3)c2=O)cc1. The highest BCUT2D eigenvalue weighted by atomic mass is 16.5. The molecule has 150 valence electrons. The van der Waals surface area contributed by atoms with Gasteiger partial charge in [0.2, 0.25) is 0 Å². The lowest BCUT2D eigenvalue weighted by Gasteiger charge is -2.18. The molecule has 0 spiro atoms. The van der Waals surface area contributed by atoms with E-state index >= 15 is 0 Å². The maximum absolute atomic E-state index is 12.8. The molecular formula is C23H26N4O2. The number of ether oxygens (including phenoxy) is 1. The quantitative estimate of drug-likeness (QED) is 0.430. The average Bonchev–Trinajstić information content (AvgIpc) is 2.98. The van der Waals surface area contributed by atoms with Gasteiger partial charge in [0.15, 0.2) is 5.69 Å². The zero-order valence-corrected chi connectivity index (χ0v) is 17.3. The van der Waals surface area contributed by atoms with E-state index in [4.69, 9.17) is 4.74 Å². The number of aromatic amines is 1. The Labute approximate surface area is 170 Å². The van der Waals surface area contributed by atoms with Crippen LogP contribution in [0.3, 0.4) is 0 Å². The number of rotatable bonds is 6. The first-order chi connectivity index (χ1) is 13.8. The van der Waals surface area contributed by atoms with Gasteiger partial charge in [-0.2, -0.15) is 5.11 Å². The summed E-state index contributed by atoms with van der Waals surface area (Å²) in [5.41, 5.74) is 3.38. The molecule has 29 heavy (non-hydrogen) atoms. The molecule has 1 heterocycles. The van der Waals surface area contributed by atoms with Crippen molar-refractivity contribution in [1.29, 1.82) is 0 Å². The Kier molecular flexibility index (Phi) is 5.82. The van der Waals surface area contributed by atoms with E-state index in [2.05, 4.69) is 42.7 Å². The van der Waals surface area contributed by atoms with Crippen LogP contribution in [0, 0.1) is 6.92 Å². The maximum atomic E-state index is 12.8. The van der Waals surface area contributed by atoms with Gasteiger partial charge in [-0.3, -0.25) is 9.89 Å². The zero-order valence-electron chi connectivity index (χ0n) is 17.3. The Balaban J connectivity index is 1.83. The molecule has 1 N–H and O–H groups in total. The van der Waals surface area contributed by atoms with E-state index in [1.165, 1.54) is 10.2 Å². The standard InChI is InChI=1S/C23H26N4O2/c1-6-15-29-20-13-11-19(12-14-20)27-22(28)21(16(2)26-27)25-24-18-9-7-17(8-10-18)23(3,4)5/h6-14,26H,1,15H2,2-5H3. The van der Waals surface area contributed by atoms with Crippen LogP contribution in [0.5, 0.6) is 5.75 Å². The van der Waals surface area contributed by atoms with E-state index < -0.39 is 0 Å². The largest absolute Gasteiger partial charge is 0.490 e. The first-order valence-electron chi connectivity index (χ1n) is 9.47. The number of aromatic nitrogens is 2. The van der Waals surface area contributed by atoms with Gasteiger partial charge in [0.05, 0.1) is 17.1 Å². The summed E-state index contributed by atoms with van der Waals surface area (Å²) >= 11 is 0. The number of hydrogen-bond donors (Lipinski definition) is 1. The second-order valence-electron chi connectivity index (χ2n) is 7.82. The molecule has 0 aliphatic heterocycles. The van der Waals surface area contributed by atoms with Crippen LogP contribution in [0.2, 0.25) is 0 Å². The van der Waals surface area contributed by atoms with Crippen LogP contribution < -0.4 is 10.3 Å². The molecule has 0 atom stereocenters. The molecule has 6 nitrogen and oxygen atoms in total. The molecule has 2 aromatic carbocycles. The molecule has 1 aromatic heterocycles. The third-order valence-electron chi connectivity index (χ3n) is 4.50. The van der Waals surface area contributed by atoms with Crippen LogP contribution in [0.25, 0.3) is 5.69 Å². The van der Waals surface area contributed by atoms with Gasteiger partial charge in [-0.25, -0.2) is 4.68 Å². The molecule has 0 radical (unpaired) electrons. The minimum Gasteiger partial charge on any atom is -0.490 e. The minimum absolute atomic E-state index is 0.0763. The number of H-pyrrole nitrogens is 1. The fourth-order valence-electron chi connectivity index (χ4n) is 2.82. The summed E-state index contributed by atoms with van der Waals surface area (Å²) in [7, 11) is 0. The molecule has 3 aromatic rings. The van der Waals surface area contributed by atoms with Crippen molar-refractivity contribution in [3.63, 3.8) is 0 Å². The molecule has 0 amide bonds. The summed E-state index contributed by atoms with van der Waals surface area (Å²) < 4.78 is 6.92. The molecule has 0 saturated carbocycles. The number of aryl methyl sites for hydroxylation is 1. The van der Waals surface area contributed by atoms with Crippen LogP contribution in [0.4, 0.5) is 11.4 Å². The topological polar surface area (TPSA) is 71.7 Å². The van der Waals surface area contributed by atoms with Gasteiger partial charge in [0.25, 0.3) is 5.56 Å². The van der Waals surface area contributed by atoms with Crippen LogP contribution in [-0.2, 0) is 5.41 Å². The van der Waals surface area contributed by atoms with Crippen LogP contribution in [0.15, 0.2) is 76.2 Å². The first kappa shape index (κ1) is 20.3. The number of nitrogens with one attached hydrogen (secondary N) is 1. The molecule has 0 fully saturated rings. The lowest BCUT2D eigenvalue weighted by atomic mass is 9.87. The second-order valence-corrected chi connectivity index (χ2v) is 7.82. The predicted molar refractivity (Wildman–Crippen MR) is 116 cm³/mol.